The summed E-state index contributed by atoms with van der Waals surface area (Å²) in [5.74, 6) is -0.503. The lowest BCUT2D eigenvalue weighted by Crippen LogP contribution is -2.54. The van der Waals surface area contributed by atoms with E-state index in [0.717, 1.165) is 5.75 Å². The van der Waals surface area contributed by atoms with Crippen LogP contribution in [0, 0.1) is 0 Å². The molecule has 0 saturated carbocycles. The maximum Gasteiger partial charge on any atom is 0.335 e. The molecule has 1 aliphatic heterocycles. The summed E-state index contributed by atoms with van der Waals surface area (Å²) in [4.78, 5) is 25.7. The number of ether oxygens (including phenoxy) is 1. The molecule has 3 rings (SSSR count). The number of amides is 1. The number of carbonyl (C=O) groups excluding carboxylic acids is 1. The molecule has 7 nitrogen and oxygen atoms in total. The van der Waals surface area contributed by atoms with Crippen LogP contribution in [0.5, 0.6) is 5.75 Å². The van der Waals surface area contributed by atoms with E-state index in [2.05, 4.69) is 5.32 Å². The second-order valence-corrected chi connectivity index (χ2v) is 7.64. The number of benzene rings is 2. The monoisotopic (exact) mass is 432 g/mol. The first-order valence-corrected chi connectivity index (χ1v) is 10.3. The third-order valence-electron chi connectivity index (χ3n) is 5.07. The summed E-state index contributed by atoms with van der Waals surface area (Å²) in [7, 11) is 0. The van der Waals surface area contributed by atoms with E-state index >= 15 is 0 Å². The Balaban J connectivity index is 1.58. The molecule has 2 aromatic carbocycles. The van der Waals surface area contributed by atoms with Crippen LogP contribution in [0.1, 0.15) is 34.3 Å². The summed E-state index contributed by atoms with van der Waals surface area (Å²) in [5.41, 5.74) is -0.0285. The van der Waals surface area contributed by atoms with Gasteiger partial charge in [0.1, 0.15) is 17.9 Å². The Kier molecular flexibility index (Phi) is 7.68. The van der Waals surface area contributed by atoms with Gasteiger partial charge in [0.05, 0.1) is 17.7 Å². The fraction of sp³-hybridized carbons (Fsp3) is 0.364. The van der Waals surface area contributed by atoms with Crippen LogP contribution in [0.2, 0.25) is 0 Å². The summed E-state index contributed by atoms with van der Waals surface area (Å²) in [6, 6.07) is 15.0. The number of carboxylic acid groups (broad SMARTS) is 1. The Morgan fingerprint density at radius 1 is 1.13 bits per heavy atom. The molecule has 0 radical (unpaired) electrons. The quantitative estimate of drug-likeness (QED) is 0.438. The Morgan fingerprint density at radius 3 is 2.50 bits per heavy atom. The Morgan fingerprint density at radius 2 is 1.83 bits per heavy atom. The van der Waals surface area contributed by atoms with Crippen molar-refractivity contribution in [2.24, 2.45) is 0 Å². The van der Waals surface area contributed by atoms with Gasteiger partial charge in [0.2, 0.25) is 5.91 Å². The molecule has 8 heteroatoms. The average molecular weight is 433 g/mol. The number of carboxylic acids is 1. The summed E-state index contributed by atoms with van der Waals surface area (Å²) in [6.45, 7) is 1.27. The molecule has 0 spiro atoms. The van der Waals surface area contributed by atoms with Gasteiger partial charge in [-0.1, -0.05) is 41.9 Å². The van der Waals surface area contributed by atoms with Gasteiger partial charge in [0, 0.05) is 13.1 Å². The number of para-hydroxylation sites is 1. The van der Waals surface area contributed by atoms with E-state index in [0.29, 0.717) is 38.1 Å². The molecule has 2 aromatic rings. The van der Waals surface area contributed by atoms with Crippen LogP contribution >= 0.6 is 11.6 Å². The lowest BCUT2D eigenvalue weighted by atomic mass is 9.99. The molecule has 0 aliphatic carbocycles. The van der Waals surface area contributed by atoms with Crippen molar-refractivity contribution in [2.45, 2.75) is 30.5 Å². The number of rotatable bonds is 8. The number of aromatic carboxylic acids is 1. The van der Waals surface area contributed by atoms with Gasteiger partial charge in [0.15, 0.2) is 0 Å². The zero-order valence-corrected chi connectivity index (χ0v) is 17.2. The highest BCUT2D eigenvalue weighted by atomic mass is 35.5. The summed E-state index contributed by atoms with van der Waals surface area (Å²) >= 11 is 6.34. The van der Waals surface area contributed by atoms with E-state index in [1.165, 1.54) is 12.1 Å². The Bertz CT molecular complexity index is 846. The van der Waals surface area contributed by atoms with Gasteiger partial charge in [-0.25, -0.2) is 4.79 Å². The number of aliphatic hydroxyl groups is 1. The average Bonchev–Trinajstić information content (AvgIpc) is 2.74. The van der Waals surface area contributed by atoms with E-state index in [4.69, 9.17) is 21.4 Å². The van der Waals surface area contributed by atoms with Gasteiger partial charge in [-0.2, -0.15) is 0 Å². The predicted octanol–water partition coefficient (Wildman–Crippen LogP) is 2.64. The van der Waals surface area contributed by atoms with E-state index in [-0.39, 0.29) is 11.5 Å². The molecule has 1 saturated heterocycles. The van der Waals surface area contributed by atoms with Crippen molar-refractivity contribution in [1.29, 1.82) is 0 Å². The number of aliphatic hydroxyl groups excluding tert-OH is 1. The van der Waals surface area contributed by atoms with Gasteiger partial charge in [-0.3, -0.25) is 9.69 Å². The smallest absolute Gasteiger partial charge is 0.335 e. The zero-order valence-electron chi connectivity index (χ0n) is 16.4. The van der Waals surface area contributed by atoms with Gasteiger partial charge in [-0.05, 0) is 42.7 Å². The second kappa shape index (κ2) is 10.4. The number of halogens is 1. The number of nitrogens with zero attached hydrogens (tertiary/aromatic N) is 1. The van der Waals surface area contributed by atoms with Crippen LogP contribution in [-0.2, 0) is 4.79 Å². The highest BCUT2D eigenvalue weighted by Gasteiger charge is 2.33. The fourth-order valence-electron chi connectivity index (χ4n) is 3.46. The number of alkyl halides is 1. The molecule has 1 aliphatic rings. The molecular weight excluding hydrogens is 408 g/mol. The van der Waals surface area contributed by atoms with Crippen molar-refractivity contribution in [2.75, 3.05) is 19.7 Å². The van der Waals surface area contributed by atoms with E-state index in [9.17, 15) is 14.7 Å². The largest absolute Gasteiger partial charge is 0.492 e. The molecule has 0 unspecified atom stereocenters. The van der Waals surface area contributed by atoms with Gasteiger partial charge >= 0.3 is 5.97 Å². The highest BCUT2D eigenvalue weighted by Crippen LogP contribution is 2.22. The number of hydrogen-bond donors (Lipinski definition) is 3. The molecule has 30 heavy (non-hydrogen) atoms. The van der Waals surface area contributed by atoms with Crippen molar-refractivity contribution in [1.82, 2.24) is 10.2 Å². The molecule has 1 amide bonds. The number of piperidine rings is 1. The third kappa shape index (κ3) is 5.95. The molecule has 3 N–H and O–H groups in total. The summed E-state index contributed by atoms with van der Waals surface area (Å²) < 4.78 is 5.72. The van der Waals surface area contributed by atoms with Crippen LogP contribution < -0.4 is 10.1 Å². The first-order valence-electron chi connectivity index (χ1n) is 9.81. The minimum Gasteiger partial charge on any atom is -0.492 e. The Hall–Kier alpha value is -2.61. The Labute approximate surface area is 180 Å². The summed E-state index contributed by atoms with van der Waals surface area (Å²) in [6.07, 6.45) is 0.565. The summed E-state index contributed by atoms with van der Waals surface area (Å²) in [5, 5.41) is 21.8. The van der Waals surface area contributed by atoms with E-state index in [1.807, 2.05) is 35.2 Å². The van der Waals surface area contributed by atoms with Crippen LogP contribution in [-0.4, -0.2) is 58.8 Å². The first-order chi connectivity index (χ1) is 14.4. The van der Waals surface area contributed by atoms with Crippen molar-refractivity contribution >= 4 is 23.5 Å². The molecule has 1 fully saturated rings. The van der Waals surface area contributed by atoms with Crippen LogP contribution in [0.3, 0.4) is 0 Å². The second-order valence-electron chi connectivity index (χ2n) is 7.20. The predicted molar refractivity (Wildman–Crippen MR) is 113 cm³/mol. The number of nitrogens with one attached hydrogen (secondary N) is 1. The lowest BCUT2D eigenvalue weighted by Gasteiger charge is -2.37. The lowest BCUT2D eigenvalue weighted by molar-refractivity contribution is -0.129. The van der Waals surface area contributed by atoms with Gasteiger partial charge in [0.25, 0.3) is 0 Å². The minimum absolute atomic E-state index is 0.153. The highest BCUT2D eigenvalue weighted by molar-refractivity contribution is 6.21. The number of carbonyl (C=O) groups is 2. The molecule has 0 aromatic heterocycles. The maximum atomic E-state index is 12.9. The van der Waals surface area contributed by atoms with E-state index in [1.54, 1.807) is 12.1 Å². The van der Waals surface area contributed by atoms with Crippen LogP contribution in [0.4, 0.5) is 0 Å². The fourth-order valence-corrected chi connectivity index (χ4v) is 3.72. The number of β-amino-alcohol motifs (C(OH)–C–C–N with tert-alkyl or cyclic N) is 1. The standard InChI is InChI=1S/C22H25ClN2O5/c23-20(15-6-8-16(9-7-15)22(28)29)24-21(27)19-11-10-17(26)14-25(19)12-13-30-18-4-2-1-3-5-18/h1-9,17,19-20,26H,10-14H2,(H,24,27)(H,28,29)/t17-,19+,20+/m0/s1. The zero-order chi connectivity index (χ0) is 21.5. The van der Waals surface area contributed by atoms with Gasteiger partial charge in [-0.15, -0.1) is 0 Å². The van der Waals surface area contributed by atoms with E-state index < -0.39 is 23.6 Å². The topological polar surface area (TPSA) is 99.1 Å². The van der Waals surface area contributed by atoms with Crippen molar-refractivity contribution in [3.8, 4) is 5.75 Å². The first kappa shape index (κ1) is 22.1. The van der Waals surface area contributed by atoms with Crippen molar-refractivity contribution in [3.05, 3.63) is 65.7 Å². The number of hydrogen-bond acceptors (Lipinski definition) is 5. The third-order valence-corrected chi connectivity index (χ3v) is 5.43. The molecule has 3 atom stereocenters. The molecular formula is C22H25ClN2O5. The molecule has 160 valence electrons. The maximum absolute atomic E-state index is 12.9. The van der Waals surface area contributed by atoms with Crippen molar-refractivity contribution in [3.63, 3.8) is 0 Å². The SMILES string of the molecule is O=C(O)c1ccc([C@H](Cl)NC(=O)[C@H]2CC[C@H](O)CN2CCOc2ccccc2)cc1. The van der Waals surface area contributed by atoms with Gasteiger partial charge < -0.3 is 20.3 Å². The normalized spacial score (nSPS) is 20.3. The van der Waals surface area contributed by atoms with Crippen LogP contribution in [0.25, 0.3) is 0 Å². The molecule has 1 heterocycles. The molecule has 0 bridgehead atoms. The number of likely N-dealkylation sites (tertiary alicyclic amines) is 1. The van der Waals surface area contributed by atoms with Crippen molar-refractivity contribution < 1.29 is 24.5 Å². The van der Waals surface area contributed by atoms with Crippen LogP contribution in [0.15, 0.2) is 54.6 Å². The minimum atomic E-state index is -1.02.